The summed E-state index contributed by atoms with van der Waals surface area (Å²) in [6.07, 6.45) is 5.82. The summed E-state index contributed by atoms with van der Waals surface area (Å²) in [6, 6.07) is -0.218. The topological polar surface area (TPSA) is 52.6 Å². The van der Waals surface area contributed by atoms with Crippen molar-refractivity contribution in [3.8, 4) is 0 Å². The lowest BCUT2D eigenvalue weighted by Gasteiger charge is -2.30. The molecular formula is C15H26ClN3O2. The molecule has 1 saturated heterocycles. The number of amides is 3. The maximum Gasteiger partial charge on any atom is 0.325 e. The van der Waals surface area contributed by atoms with Crippen LogP contribution >= 0.6 is 11.6 Å². The summed E-state index contributed by atoms with van der Waals surface area (Å²) in [7, 11) is 0. The van der Waals surface area contributed by atoms with Crippen LogP contribution in [0.3, 0.4) is 0 Å². The molecule has 21 heavy (non-hydrogen) atoms. The van der Waals surface area contributed by atoms with Crippen LogP contribution in [0.15, 0.2) is 0 Å². The quantitative estimate of drug-likeness (QED) is 0.579. The van der Waals surface area contributed by atoms with E-state index >= 15 is 0 Å². The number of alkyl halides is 1. The lowest BCUT2D eigenvalue weighted by molar-refractivity contribution is -0.132. The van der Waals surface area contributed by atoms with Crippen molar-refractivity contribution in [2.75, 3.05) is 32.1 Å². The van der Waals surface area contributed by atoms with Gasteiger partial charge in [0, 0.05) is 25.5 Å². The minimum atomic E-state index is -0.600. The number of imide groups is 1. The van der Waals surface area contributed by atoms with Gasteiger partial charge in [0.25, 0.3) is 5.91 Å². The van der Waals surface area contributed by atoms with Crippen LogP contribution in [-0.2, 0) is 4.79 Å². The molecule has 0 radical (unpaired) electrons. The van der Waals surface area contributed by atoms with E-state index in [0.717, 1.165) is 51.6 Å². The highest BCUT2D eigenvalue weighted by Gasteiger charge is 2.50. The van der Waals surface area contributed by atoms with Crippen LogP contribution in [-0.4, -0.2) is 59.3 Å². The van der Waals surface area contributed by atoms with Crippen LogP contribution in [0.1, 0.15) is 45.4 Å². The molecule has 1 spiro atoms. The highest BCUT2D eigenvalue weighted by Crippen LogP contribution is 2.33. The van der Waals surface area contributed by atoms with Gasteiger partial charge in [0.05, 0.1) is 0 Å². The summed E-state index contributed by atoms with van der Waals surface area (Å²) in [6.45, 7) is 5.02. The van der Waals surface area contributed by atoms with E-state index in [0.29, 0.717) is 19.0 Å². The maximum absolute atomic E-state index is 12.6. The lowest BCUT2D eigenvalue weighted by Crippen LogP contribution is -2.48. The molecule has 0 aromatic rings. The largest absolute Gasteiger partial charge is 0.325 e. The van der Waals surface area contributed by atoms with Gasteiger partial charge in [-0.3, -0.25) is 9.69 Å². The zero-order valence-electron chi connectivity index (χ0n) is 12.9. The predicted octanol–water partition coefficient (Wildman–Crippen LogP) is 2.19. The number of carbonyl (C=O) groups excluding carboxylic acids is 2. The number of carbonyl (C=O) groups is 2. The first-order chi connectivity index (χ1) is 10.1. The molecule has 2 fully saturated rings. The van der Waals surface area contributed by atoms with Gasteiger partial charge >= 0.3 is 6.03 Å². The summed E-state index contributed by atoms with van der Waals surface area (Å²) >= 11 is 5.80. The molecule has 1 heterocycles. The molecule has 1 aliphatic heterocycles. The monoisotopic (exact) mass is 315 g/mol. The van der Waals surface area contributed by atoms with Crippen LogP contribution < -0.4 is 5.32 Å². The Bertz CT molecular complexity index is 377. The number of halogens is 1. The molecule has 0 aromatic heterocycles. The Hall–Kier alpha value is -0.810. The van der Waals surface area contributed by atoms with Gasteiger partial charge in [0.2, 0.25) is 0 Å². The van der Waals surface area contributed by atoms with Crippen molar-refractivity contribution in [3.05, 3.63) is 0 Å². The number of rotatable bonds is 7. The average Bonchev–Trinajstić information content (AvgIpc) is 2.69. The molecule has 1 saturated carbocycles. The van der Waals surface area contributed by atoms with E-state index in [2.05, 4.69) is 17.1 Å². The van der Waals surface area contributed by atoms with Crippen LogP contribution in [0.5, 0.6) is 0 Å². The molecule has 5 nitrogen and oxygen atoms in total. The van der Waals surface area contributed by atoms with Crippen LogP contribution in [0, 0.1) is 0 Å². The smallest absolute Gasteiger partial charge is 0.323 e. The number of nitrogens with one attached hydrogen (secondary N) is 1. The fourth-order valence-corrected chi connectivity index (χ4v) is 3.63. The van der Waals surface area contributed by atoms with E-state index in [9.17, 15) is 9.59 Å². The van der Waals surface area contributed by atoms with Crippen molar-refractivity contribution in [1.82, 2.24) is 15.1 Å². The van der Waals surface area contributed by atoms with E-state index in [1.54, 1.807) is 0 Å². The zero-order chi connectivity index (χ0) is 15.3. The molecule has 6 heteroatoms. The number of urea groups is 1. The predicted molar refractivity (Wildman–Crippen MR) is 83.5 cm³/mol. The van der Waals surface area contributed by atoms with Gasteiger partial charge in [0.1, 0.15) is 5.54 Å². The summed E-state index contributed by atoms with van der Waals surface area (Å²) in [4.78, 5) is 28.4. The Labute approximate surface area is 132 Å². The third-order valence-electron chi connectivity index (χ3n) is 4.53. The normalized spacial score (nSPS) is 21.4. The molecule has 2 aliphatic rings. The summed E-state index contributed by atoms with van der Waals surface area (Å²) in [5.74, 6) is 0.555. The van der Waals surface area contributed by atoms with Gasteiger partial charge in [-0.1, -0.05) is 26.2 Å². The molecule has 0 bridgehead atoms. The van der Waals surface area contributed by atoms with Gasteiger partial charge in [-0.05, 0) is 25.8 Å². The minimum Gasteiger partial charge on any atom is -0.323 e. The first-order valence-corrected chi connectivity index (χ1v) is 8.59. The third-order valence-corrected chi connectivity index (χ3v) is 4.70. The second-order valence-corrected chi connectivity index (χ2v) is 6.44. The van der Waals surface area contributed by atoms with Gasteiger partial charge in [-0.25, -0.2) is 4.79 Å². The summed E-state index contributed by atoms with van der Waals surface area (Å²) in [5, 5.41) is 2.95. The lowest BCUT2D eigenvalue weighted by atomic mass is 9.82. The molecule has 3 amide bonds. The number of hydrogen-bond donors (Lipinski definition) is 1. The Kier molecular flexibility index (Phi) is 5.88. The fourth-order valence-electron chi connectivity index (χ4n) is 3.39. The van der Waals surface area contributed by atoms with Gasteiger partial charge in [0.15, 0.2) is 0 Å². The molecule has 2 rings (SSSR count). The first kappa shape index (κ1) is 16.6. The Morgan fingerprint density at radius 1 is 1.19 bits per heavy atom. The molecular weight excluding hydrogens is 290 g/mol. The van der Waals surface area contributed by atoms with Gasteiger partial charge in [-0.2, -0.15) is 0 Å². The van der Waals surface area contributed by atoms with E-state index in [-0.39, 0.29) is 11.9 Å². The van der Waals surface area contributed by atoms with E-state index in [1.165, 1.54) is 4.90 Å². The highest BCUT2D eigenvalue weighted by atomic mass is 35.5. The second-order valence-electron chi connectivity index (χ2n) is 6.06. The molecule has 0 unspecified atom stereocenters. The Morgan fingerprint density at radius 2 is 1.90 bits per heavy atom. The summed E-state index contributed by atoms with van der Waals surface area (Å²) in [5.41, 5.74) is -0.600. The second kappa shape index (κ2) is 7.45. The van der Waals surface area contributed by atoms with Crippen LogP contribution in [0.4, 0.5) is 4.79 Å². The van der Waals surface area contributed by atoms with Gasteiger partial charge in [-0.15, -0.1) is 11.6 Å². The van der Waals surface area contributed by atoms with Gasteiger partial charge < -0.3 is 10.2 Å². The summed E-state index contributed by atoms with van der Waals surface area (Å²) < 4.78 is 0. The Balaban J connectivity index is 1.93. The molecule has 0 aromatic carbocycles. The van der Waals surface area contributed by atoms with E-state index < -0.39 is 5.54 Å². The zero-order valence-corrected chi connectivity index (χ0v) is 13.6. The van der Waals surface area contributed by atoms with E-state index in [1.807, 2.05) is 0 Å². The van der Waals surface area contributed by atoms with Crippen molar-refractivity contribution in [1.29, 1.82) is 0 Å². The molecule has 120 valence electrons. The van der Waals surface area contributed by atoms with Crippen LogP contribution in [0.25, 0.3) is 0 Å². The number of hydrogen-bond acceptors (Lipinski definition) is 3. The number of nitrogens with zero attached hydrogens (tertiary/aromatic N) is 2. The first-order valence-electron chi connectivity index (χ1n) is 8.05. The maximum atomic E-state index is 12.6. The van der Waals surface area contributed by atoms with Crippen LogP contribution in [0.2, 0.25) is 0 Å². The highest BCUT2D eigenvalue weighted by molar-refractivity contribution is 6.18. The van der Waals surface area contributed by atoms with Crippen molar-refractivity contribution in [2.45, 2.75) is 51.0 Å². The Morgan fingerprint density at radius 3 is 2.52 bits per heavy atom. The minimum absolute atomic E-state index is 0.0190. The fraction of sp³-hybridized carbons (Fsp3) is 0.867. The SMILES string of the molecule is CCCN(CCCl)CCN1C(=O)NC2(CCCCC2)C1=O. The average molecular weight is 316 g/mol. The van der Waals surface area contributed by atoms with Crippen molar-refractivity contribution >= 4 is 23.5 Å². The standard InChI is InChI=1S/C15H26ClN3O2/c1-2-9-18(10-8-16)11-12-19-13(20)15(17-14(19)21)6-4-3-5-7-15/h2-12H2,1H3,(H,17,21). The third kappa shape index (κ3) is 3.69. The molecule has 1 aliphatic carbocycles. The van der Waals surface area contributed by atoms with Crippen molar-refractivity contribution in [3.63, 3.8) is 0 Å². The molecule has 1 N–H and O–H groups in total. The van der Waals surface area contributed by atoms with Crippen molar-refractivity contribution in [2.24, 2.45) is 0 Å². The van der Waals surface area contributed by atoms with E-state index in [4.69, 9.17) is 11.6 Å². The van der Waals surface area contributed by atoms with Crippen molar-refractivity contribution < 1.29 is 9.59 Å². The molecule has 0 atom stereocenters.